The van der Waals surface area contributed by atoms with E-state index in [4.69, 9.17) is 5.11 Å². The highest BCUT2D eigenvalue weighted by molar-refractivity contribution is 7.24. The molecule has 0 unspecified atom stereocenters. The number of thiazole rings is 1. The van der Waals surface area contributed by atoms with Crippen LogP contribution in [0.1, 0.15) is 10.5 Å². The molecule has 5 heteroatoms. The minimum atomic E-state index is -1.41. The summed E-state index contributed by atoms with van der Waals surface area (Å²) in [6, 6.07) is 0. The van der Waals surface area contributed by atoms with Crippen LogP contribution in [0, 0.1) is 0 Å². The summed E-state index contributed by atoms with van der Waals surface area (Å²) in [6.45, 7) is 6.45. The Kier molecular flexibility index (Phi) is 2.34. The first-order valence-electron chi connectivity index (χ1n) is 3.60. The Morgan fingerprint density at radius 1 is 1.58 bits per heavy atom. The third-order valence-electron chi connectivity index (χ3n) is 1.36. The van der Waals surface area contributed by atoms with Gasteiger partial charge in [0.15, 0.2) is 5.69 Å². The highest BCUT2D eigenvalue weighted by Gasteiger charge is 2.21. The Morgan fingerprint density at radius 3 is 2.42 bits per heavy atom. The van der Waals surface area contributed by atoms with Gasteiger partial charge in [-0.25, -0.2) is 9.78 Å². The van der Waals surface area contributed by atoms with Crippen LogP contribution in [0.5, 0.6) is 0 Å². The molecular weight excluding hydrogens is 190 g/mol. The third-order valence-corrected chi connectivity index (χ3v) is 5.61. The van der Waals surface area contributed by atoms with Crippen molar-refractivity contribution >= 4 is 30.0 Å². The summed E-state index contributed by atoms with van der Waals surface area (Å²) in [4.78, 5) is 14.6. The predicted molar refractivity (Wildman–Crippen MR) is 52.1 cm³/mol. The van der Waals surface area contributed by atoms with Gasteiger partial charge >= 0.3 is 5.97 Å². The number of carbonyl (C=O) groups is 1. The third kappa shape index (κ3) is 1.92. The van der Waals surface area contributed by atoms with Crippen LogP contribution in [0.25, 0.3) is 0 Å². The zero-order chi connectivity index (χ0) is 9.35. The van der Waals surface area contributed by atoms with E-state index in [0.29, 0.717) is 0 Å². The second kappa shape index (κ2) is 2.99. The Morgan fingerprint density at radius 2 is 2.17 bits per heavy atom. The number of hydrogen-bond acceptors (Lipinski definition) is 3. The molecule has 0 aliphatic rings. The average Bonchev–Trinajstić information content (AvgIpc) is 2.30. The van der Waals surface area contributed by atoms with Crippen molar-refractivity contribution in [2.24, 2.45) is 0 Å². The summed E-state index contributed by atoms with van der Waals surface area (Å²) >= 11 is 1.45. The fourth-order valence-electron chi connectivity index (χ4n) is 0.716. The summed E-state index contributed by atoms with van der Waals surface area (Å²) in [5, 5.41) is 10.2. The van der Waals surface area contributed by atoms with Crippen LogP contribution in [0.4, 0.5) is 0 Å². The summed E-state index contributed by atoms with van der Waals surface area (Å²) in [7, 11) is -1.41. The van der Waals surface area contributed by atoms with Gasteiger partial charge < -0.3 is 5.11 Å². The minimum absolute atomic E-state index is 0.178. The molecule has 1 N–H and O–H groups in total. The van der Waals surface area contributed by atoms with E-state index in [9.17, 15) is 4.79 Å². The number of aromatic carboxylic acids is 1. The molecule has 3 nitrogen and oxygen atoms in total. The maximum atomic E-state index is 10.5. The van der Waals surface area contributed by atoms with E-state index in [1.54, 1.807) is 5.38 Å². The molecule has 66 valence electrons. The first-order valence-corrected chi connectivity index (χ1v) is 7.98. The normalized spacial score (nSPS) is 11.6. The molecule has 0 saturated carbocycles. The highest BCUT2D eigenvalue weighted by Crippen LogP contribution is 2.07. The lowest BCUT2D eigenvalue weighted by atomic mass is 10.5. The second-order valence-corrected chi connectivity index (χ2v) is 9.79. The topological polar surface area (TPSA) is 50.2 Å². The Bertz CT molecular complexity index is 303. The van der Waals surface area contributed by atoms with E-state index in [1.807, 2.05) is 0 Å². The van der Waals surface area contributed by atoms with Crippen LogP contribution >= 0.6 is 11.3 Å². The summed E-state index contributed by atoms with van der Waals surface area (Å²) in [6.07, 6.45) is 0. The van der Waals surface area contributed by atoms with Gasteiger partial charge in [-0.3, -0.25) is 0 Å². The van der Waals surface area contributed by atoms with Gasteiger partial charge in [0, 0.05) is 5.38 Å². The van der Waals surface area contributed by atoms with Gasteiger partial charge in [0.25, 0.3) is 0 Å². The van der Waals surface area contributed by atoms with Crippen LogP contribution in [0.3, 0.4) is 0 Å². The van der Waals surface area contributed by atoms with Gasteiger partial charge in [-0.05, 0) is 0 Å². The maximum Gasteiger partial charge on any atom is 0.355 e. The lowest BCUT2D eigenvalue weighted by Crippen LogP contribution is -2.37. The van der Waals surface area contributed by atoms with Crippen molar-refractivity contribution in [2.45, 2.75) is 19.6 Å². The van der Waals surface area contributed by atoms with E-state index in [0.717, 1.165) is 4.63 Å². The predicted octanol–water partition coefficient (Wildman–Crippen LogP) is 1.39. The molecule has 1 aromatic rings. The van der Waals surface area contributed by atoms with Gasteiger partial charge in [0.1, 0.15) is 8.07 Å². The maximum absolute atomic E-state index is 10.5. The Labute approximate surface area is 76.1 Å². The zero-order valence-electron chi connectivity index (χ0n) is 7.29. The molecule has 1 rings (SSSR count). The van der Waals surface area contributed by atoms with E-state index in [2.05, 4.69) is 24.6 Å². The molecule has 0 radical (unpaired) electrons. The van der Waals surface area contributed by atoms with Crippen molar-refractivity contribution in [3.63, 3.8) is 0 Å². The van der Waals surface area contributed by atoms with Gasteiger partial charge in [0.05, 0.1) is 4.63 Å². The summed E-state index contributed by atoms with van der Waals surface area (Å²) < 4.78 is 1.000. The van der Waals surface area contributed by atoms with Gasteiger partial charge in [-0.15, -0.1) is 11.3 Å². The molecule has 0 aromatic carbocycles. The highest BCUT2D eigenvalue weighted by atomic mass is 32.1. The average molecular weight is 201 g/mol. The fraction of sp³-hybridized carbons (Fsp3) is 0.429. The molecule has 1 aromatic heterocycles. The van der Waals surface area contributed by atoms with Crippen LogP contribution < -0.4 is 4.63 Å². The number of carboxylic acids is 1. The summed E-state index contributed by atoms with van der Waals surface area (Å²) in [5.74, 6) is -0.934. The minimum Gasteiger partial charge on any atom is -0.476 e. The molecule has 0 aliphatic carbocycles. The van der Waals surface area contributed by atoms with Crippen molar-refractivity contribution in [1.82, 2.24) is 4.98 Å². The molecule has 0 amide bonds. The monoisotopic (exact) mass is 201 g/mol. The van der Waals surface area contributed by atoms with E-state index >= 15 is 0 Å². The first kappa shape index (κ1) is 9.41. The second-order valence-electron chi connectivity index (χ2n) is 3.59. The van der Waals surface area contributed by atoms with Gasteiger partial charge in [-0.2, -0.15) is 0 Å². The van der Waals surface area contributed by atoms with Gasteiger partial charge in [-0.1, -0.05) is 19.6 Å². The number of carboxylic acid groups (broad SMARTS) is 1. The molecule has 0 atom stereocenters. The van der Waals surface area contributed by atoms with E-state index in [-0.39, 0.29) is 5.69 Å². The molecule has 0 saturated heterocycles. The smallest absolute Gasteiger partial charge is 0.355 e. The lowest BCUT2D eigenvalue weighted by Gasteiger charge is -2.10. The Balaban J connectivity index is 3.00. The molecular formula is C7H11NO2SSi. The molecule has 0 aliphatic heterocycles. The van der Waals surface area contributed by atoms with Crippen LogP contribution in [0.2, 0.25) is 19.6 Å². The lowest BCUT2D eigenvalue weighted by molar-refractivity contribution is 0.0691. The number of rotatable bonds is 2. The largest absolute Gasteiger partial charge is 0.476 e. The molecule has 0 spiro atoms. The van der Waals surface area contributed by atoms with Crippen LogP contribution in [-0.4, -0.2) is 24.1 Å². The van der Waals surface area contributed by atoms with Crippen molar-refractivity contribution in [3.05, 3.63) is 11.1 Å². The van der Waals surface area contributed by atoms with Crippen molar-refractivity contribution < 1.29 is 9.90 Å². The molecule has 0 fully saturated rings. The quantitative estimate of drug-likeness (QED) is 0.736. The number of aromatic nitrogens is 1. The number of nitrogens with zero attached hydrogens (tertiary/aromatic N) is 1. The van der Waals surface area contributed by atoms with Crippen molar-refractivity contribution in [1.29, 1.82) is 0 Å². The van der Waals surface area contributed by atoms with Crippen LogP contribution in [-0.2, 0) is 0 Å². The van der Waals surface area contributed by atoms with Crippen LogP contribution in [0.15, 0.2) is 5.38 Å². The summed E-state index contributed by atoms with van der Waals surface area (Å²) in [5.41, 5.74) is 0.178. The number of hydrogen-bond donors (Lipinski definition) is 1. The standard InChI is InChI=1S/C7H11NO2SSi/c1-12(2,3)7-8-5(4-11-7)6(9)10/h4H,1-3H3,(H,9,10). The van der Waals surface area contributed by atoms with Crippen molar-refractivity contribution in [3.8, 4) is 0 Å². The zero-order valence-corrected chi connectivity index (χ0v) is 9.10. The van der Waals surface area contributed by atoms with Gasteiger partial charge in [0.2, 0.25) is 0 Å². The van der Waals surface area contributed by atoms with E-state index < -0.39 is 14.0 Å². The first-order chi connectivity index (χ1) is 5.41. The molecule has 1 heterocycles. The SMILES string of the molecule is C[Si](C)(C)c1nc(C(=O)O)cs1. The Hall–Kier alpha value is -0.683. The molecule has 0 bridgehead atoms. The fourth-order valence-corrected chi connectivity index (χ4v) is 3.29. The van der Waals surface area contributed by atoms with E-state index in [1.165, 1.54) is 11.3 Å². The van der Waals surface area contributed by atoms with Crippen molar-refractivity contribution in [2.75, 3.05) is 0 Å². The molecule has 12 heavy (non-hydrogen) atoms.